The molecule has 2 aromatic rings. The minimum atomic E-state index is -0.498. The second-order valence-electron chi connectivity index (χ2n) is 4.52. The second kappa shape index (κ2) is 7.56. The van der Waals surface area contributed by atoms with Gasteiger partial charge in [-0.3, -0.25) is 14.9 Å². The van der Waals surface area contributed by atoms with Crippen LogP contribution in [0.25, 0.3) is 0 Å². The molecule has 0 aliphatic rings. The lowest BCUT2D eigenvalue weighted by Gasteiger charge is -2.14. The summed E-state index contributed by atoms with van der Waals surface area (Å²) in [6, 6.07) is 12.6. The van der Waals surface area contributed by atoms with Crippen molar-refractivity contribution in [2.45, 2.75) is 16.7 Å². The SMILES string of the molecule is CNC(=O)[C@H](Cc1ccccc1)Sc1ccc([N+](=O)[O-])cn1. The van der Waals surface area contributed by atoms with Crippen LogP contribution in [0, 0.1) is 10.1 Å². The summed E-state index contributed by atoms with van der Waals surface area (Å²) in [7, 11) is 1.59. The molecule has 0 aliphatic carbocycles. The monoisotopic (exact) mass is 317 g/mol. The highest BCUT2D eigenvalue weighted by atomic mass is 32.2. The van der Waals surface area contributed by atoms with E-state index in [2.05, 4.69) is 10.3 Å². The molecule has 1 aromatic heterocycles. The predicted molar refractivity (Wildman–Crippen MR) is 84.7 cm³/mol. The fourth-order valence-corrected chi connectivity index (χ4v) is 2.93. The van der Waals surface area contributed by atoms with Crippen LogP contribution in [0.4, 0.5) is 5.69 Å². The van der Waals surface area contributed by atoms with E-state index in [0.717, 1.165) is 5.56 Å². The standard InChI is InChI=1S/C15H15N3O3S/c1-16-15(19)13(9-11-5-3-2-4-6-11)22-14-8-7-12(10-17-14)18(20)21/h2-8,10,13H,9H2,1H3,(H,16,19)/t13-/m0/s1. The molecule has 7 heteroatoms. The third-order valence-corrected chi connectivity index (χ3v) is 4.15. The van der Waals surface area contributed by atoms with E-state index in [1.54, 1.807) is 13.1 Å². The largest absolute Gasteiger partial charge is 0.358 e. The van der Waals surface area contributed by atoms with Crippen LogP contribution >= 0.6 is 11.8 Å². The maximum absolute atomic E-state index is 12.0. The summed E-state index contributed by atoms with van der Waals surface area (Å²) < 4.78 is 0. The fourth-order valence-electron chi connectivity index (χ4n) is 1.87. The number of nitro groups is 1. The summed E-state index contributed by atoms with van der Waals surface area (Å²) in [5.41, 5.74) is 0.981. The van der Waals surface area contributed by atoms with Crippen LogP contribution in [-0.2, 0) is 11.2 Å². The molecule has 0 spiro atoms. The Morgan fingerprint density at radius 2 is 2.05 bits per heavy atom. The molecule has 1 amide bonds. The van der Waals surface area contributed by atoms with Crippen molar-refractivity contribution < 1.29 is 9.72 Å². The zero-order chi connectivity index (χ0) is 15.9. The molecule has 1 aromatic carbocycles. The van der Waals surface area contributed by atoms with Crippen LogP contribution in [0.2, 0.25) is 0 Å². The number of rotatable bonds is 6. The van der Waals surface area contributed by atoms with Crippen molar-refractivity contribution in [3.8, 4) is 0 Å². The number of thioether (sulfide) groups is 1. The number of pyridine rings is 1. The molecule has 0 saturated heterocycles. The van der Waals surface area contributed by atoms with Crippen molar-refractivity contribution in [2.24, 2.45) is 0 Å². The van der Waals surface area contributed by atoms with Crippen LogP contribution in [0.3, 0.4) is 0 Å². The summed E-state index contributed by atoms with van der Waals surface area (Å²) in [5.74, 6) is -0.103. The quantitative estimate of drug-likeness (QED) is 0.502. The number of hydrogen-bond acceptors (Lipinski definition) is 5. The van der Waals surface area contributed by atoms with Gasteiger partial charge in [-0.05, 0) is 18.1 Å². The number of carbonyl (C=O) groups is 1. The van der Waals surface area contributed by atoms with E-state index in [-0.39, 0.29) is 16.8 Å². The summed E-state index contributed by atoms with van der Waals surface area (Å²) in [6.45, 7) is 0. The molecular weight excluding hydrogens is 302 g/mol. The minimum absolute atomic E-state index is 0.0658. The van der Waals surface area contributed by atoms with Gasteiger partial charge in [0, 0.05) is 13.1 Å². The highest BCUT2D eigenvalue weighted by molar-refractivity contribution is 8.00. The zero-order valence-electron chi connectivity index (χ0n) is 11.9. The lowest BCUT2D eigenvalue weighted by molar-refractivity contribution is -0.385. The number of nitrogens with one attached hydrogen (secondary N) is 1. The maximum Gasteiger partial charge on any atom is 0.287 e. The van der Waals surface area contributed by atoms with Crippen LogP contribution in [0.1, 0.15) is 5.56 Å². The highest BCUT2D eigenvalue weighted by Gasteiger charge is 2.20. The highest BCUT2D eigenvalue weighted by Crippen LogP contribution is 2.25. The smallest absolute Gasteiger partial charge is 0.287 e. The number of hydrogen-bond donors (Lipinski definition) is 1. The van der Waals surface area contributed by atoms with Gasteiger partial charge in [0.2, 0.25) is 5.91 Å². The lowest BCUT2D eigenvalue weighted by atomic mass is 10.1. The van der Waals surface area contributed by atoms with Gasteiger partial charge < -0.3 is 5.32 Å². The van der Waals surface area contributed by atoms with E-state index >= 15 is 0 Å². The molecule has 1 heterocycles. The Bertz CT molecular complexity index is 647. The first-order valence-corrected chi connectivity index (χ1v) is 7.50. The van der Waals surface area contributed by atoms with Gasteiger partial charge in [0.05, 0.1) is 15.2 Å². The Balaban J connectivity index is 2.12. The Hall–Kier alpha value is -2.41. The first-order valence-electron chi connectivity index (χ1n) is 6.63. The molecule has 114 valence electrons. The predicted octanol–water partition coefficient (Wildman–Crippen LogP) is 2.44. The van der Waals surface area contributed by atoms with Crippen LogP contribution < -0.4 is 5.32 Å². The molecule has 1 atom stereocenters. The summed E-state index contributed by atoms with van der Waals surface area (Å²) in [5, 5.41) is 13.5. The first-order chi connectivity index (χ1) is 10.6. The second-order valence-corrected chi connectivity index (χ2v) is 5.75. The number of carbonyl (C=O) groups excluding carboxylic acids is 1. The molecule has 22 heavy (non-hydrogen) atoms. The average molecular weight is 317 g/mol. The Labute approximate surface area is 132 Å². The molecule has 0 unspecified atom stereocenters. The van der Waals surface area contributed by atoms with Gasteiger partial charge in [-0.1, -0.05) is 42.1 Å². The van der Waals surface area contributed by atoms with Gasteiger partial charge in [0.15, 0.2) is 0 Å². The van der Waals surface area contributed by atoms with Crippen LogP contribution in [-0.4, -0.2) is 28.1 Å². The van der Waals surface area contributed by atoms with E-state index < -0.39 is 4.92 Å². The Morgan fingerprint density at radius 3 is 2.59 bits per heavy atom. The van der Waals surface area contributed by atoms with Crippen molar-refractivity contribution >= 4 is 23.4 Å². The fraction of sp³-hybridized carbons (Fsp3) is 0.200. The normalized spacial score (nSPS) is 11.7. The maximum atomic E-state index is 12.0. The van der Waals surface area contributed by atoms with Gasteiger partial charge in [0.25, 0.3) is 5.69 Å². The molecular formula is C15H15N3O3S. The van der Waals surface area contributed by atoms with Crippen molar-refractivity contribution in [1.29, 1.82) is 0 Å². The summed E-state index contributed by atoms with van der Waals surface area (Å²) >= 11 is 1.29. The van der Waals surface area contributed by atoms with Crippen molar-refractivity contribution in [1.82, 2.24) is 10.3 Å². The minimum Gasteiger partial charge on any atom is -0.358 e. The number of aromatic nitrogens is 1. The van der Waals surface area contributed by atoms with E-state index in [1.807, 2.05) is 30.3 Å². The summed E-state index contributed by atoms with van der Waals surface area (Å²) in [6.07, 6.45) is 1.76. The topological polar surface area (TPSA) is 85.1 Å². The van der Waals surface area contributed by atoms with Gasteiger partial charge in [-0.15, -0.1) is 0 Å². The number of nitrogens with zero attached hydrogens (tertiary/aromatic N) is 2. The molecule has 0 fully saturated rings. The Morgan fingerprint density at radius 1 is 1.32 bits per heavy atom. The van der Waals surface area contributed by atoms with E-state index in [4.69, 9.17) is 0 Å². The number of amides is 1. The molecule has 0 bridgehead atoms. The Kier molecular flexibility index (Phi) is 5.48. The van der Waals surface area contributed by atoms with Crippen LogP contribution in [0.15, 0.2) is 53.7 Å². The van der Waals surface area contributed by atoms with Gasteiger partial charge in [-0.25, -0.2) is 4.98 Å². The molecule has 2 rings (SSSR count). The molecule has 0 radical (unpaired) electrons. The first kappa shape index (κ1) is 16.0. The molecule has 0 saturated carbocycles. The summed E-state index contributed by atoms with van der Waals surface area (Å²) in [4.78, 5) is 26.2. The average Bonchev–Trinajstić information content (AvgIpc) is 2.55. The van der Waals surface area contributed by atoms with Crippen molar-refractivity contribution in [3.63, 3.8) is 0 Å². The van der Waals surface area contributed by atoms with E-state index in [0.29, 0.717) is 11.4 Å². The van der Waals surface area contributed by atoms with Crippen molar-refractivity contribution in [3.05, 3.63) is 64.3 Å². The number of benzene rings is 1. The van der Waals surface area contributed by atoms with E-state index in [1.165, 1.54) is 24.0 Å². The van der Waals surface area contributed by atoms with E-state index in [9.17, 15) is 14.9 Å². The zero-order valence-corrected chi connectivity index (χ0v) is 12.7. The van der Waals surface area contributed by atoms with Gasteiger partial charge in [0.1, 0.15) is 6.20 Å². The molecule has 1 N–H and O–H groups in total. The van der Waals surface area contributed by atoms with Gasteiger partial charge in [-0.2, -0.15) is 0 Å². The third kappa shape index (κ3) is 4.29. The third-order valence-electron chi connectivity index (χ3n) is 3.00. The van der Waals surface area contributed by atoms with Crippen molar-refractivity contribution in [2.75, 3.05) is 7.05 Å². The lowest BCUT2D eigenvalue weighted by Crippen LogP contribution is -2.31. The van der Waals surface area contributed by atoms with Crippen LogP contribution in [0.5, 0.6) is 0 Å². The molecule has 0 aliphatic heterocycles. The molecule has 6 nitrogen and oxygen atoms in total. The van der Waals surface area contributed by atoms with Gasteiger partial charge >= 0.3 is 0 Å².